The number of likely N-dealkylation sites (N-methyl/N-ethyl adjacent to an activating group) is 1. The molecule has 182 valence electrons. The number of nitrogens with zero attached hydrogens (tertiary/aromatic N) is 2. The van der Waals surface area contributed by atoms with Crippen LogP contribution < -0.4 is 16.2 Å². The van der Waals surface area contributed by atoms with Crippen LogP contribution in [0.15, 0.2) is 0 Å². The van der Waals surface area contributed by atoms with Gasteiger partial charge in [-0.1, -0.05) is 0 Å². The number of carboxylic acid groups (broad SMARTS) is 1. The van der Waals surface area contributed by atoms with E-state index >= 15 is 0 Å². The van der Waals surface area contributed by atoms with E-state index in [1.807, 2.05) is 0 Å². The minimum atomic E-state index is -1.11. The maximum Gasteiger partial charge on any atom is 0.426 e. The zero-order valence-electron chi connectivity index (χ0n) is 19.3. The Morgan fingerprint density at radius 1 is 1.03 bits per heavy atom. The van der Waals surface area contributed by atoms with E-state index in [2.05, 4.69) is 16.2 Å². The van der Waals surface area contributed by atoms with Crippen LogP contribution >= 0.6 is 0 Å². The second kappa shape index (κ2) is 10.9. The highest BCUT2D eigenvalue weighted by atomic mass is 16.6. The lowest BCUT2D eigenvalue weighted by molar-refractivity contribution is -0.142. The first-order valence-electron chi connectivity index (χ1n) is 10.1. The lowest BCUT2D eigenvalue weighted by Gasteiger charge is -2.35. The largest absolute Gasteiger partial charge is 0.480 e. The van der Waals surface area contributed by atoms with Crippen molar-refractivity contribution < 1.29 is 38.6 Å². The molecule has 32 heavy (non-hydrogen) atoms. The first-order chi connectivity index (χ1) is 14.6. The number of likely N-dealkylation sites (tertiary alicyclic amines) is 1. The van der Waals surface area contributed by atoms with E-state index in [0.717, 1.165) is 0 Å². The number of ether oxygens (including phenoxy) is 2. The highest BCUT2D eigenvalue weighted by molar-refractivity contribution is 5.84. The first-order valence-corrected chi connectivity index (χ1v) is 10.1. The number of hydrogen-bond donors (Lipinski definition) is 4. The minimum absolute atomic E-state index is 0.0915. The number of amides is 5. The summed E-state index contributed by atoms with van der Waals surface area (Å²) < 4.78 is 10.8. The van der Waals surface area contributed by atoms with Crippen molar-refractivity contribution in [1.29, 1.82) is 0 Å². The Labute approximate surface area is 186 Å². The van der Waals surface area contributed by atoms with E-state index in [1.54, 1.807) is 27.7 Å². The Balaban J connectivity index is 2.51. The number of hydrazine groups is 1. The van der Waals surface area contributed by atoms with Gasteiger partial charge in [-0.2, -0.15) is 0 Å². The quantitative estimate of drug-likeness (QED) is 0.403. The van der Waals surface area contributed by atoms with Crippen molar-refractivity contribution in [3.8, 4) is 0 Å². The van der Waals surface area contributed by atoms with Crippen molar-refractivity contribution in [2.45, 2.75) is 64.2 Å². The first kappa shape index (κ1) is 26.8. The van der Waals surface area contributed by atoms with Gasteiger partial charge in [-0.15, -0.1) is 0 Å². The van der Waals surface area contributed by atoms with Crippen LogP contribution in [0.1, 0.15) is 47.0 Å². The molecule has 1 rings (SSSR count). The van der Waals surface area contributed by atoms with E-state index in [4.69, 9.17) is 9.47 Å². The third-order valence-electron chi connectivity index (χ3n) is 4.53. The molecule has 1 aliphatic rings. The lowest BCUT2D eigenvalue weighted by Crippen LogP contribution is -2.51. The van der Waals surface area contributed by atoms with Crippen molar-refractivity contribution in [3.05, 3.63) is 0 Å². The van der Waals surface area contributed by atoms with Gasteiger partial charge in [0.2, 0.25) is 5.91 Å². The van der Waals surface area contributed by atoms with E-state index in [9.17, 15) is 29.1 Å². The Morgan fingerprint density at radius 3 is 2.19 bits per heavy atom. The number of carbonyl (C=O) groups is 5. The Hall–Kier alpha value is -3.25. The molecule has 1 fully saturated rings. The van der Waals surface area contributed by atoms with Crippen molar-refractivity contribution in [2.75, 3.05) is 27.2 Å². The lowest BCUT2D eigenvalue weighted by atomic mass is 9.92. The van der Waals surface area contributed by atoms with E-state index in [-0.39, 0.29) is 18.9 Å². The summed E-state index contributed by atoms with van der Waals surface area (Å²) >= 11 is 0. The molecule has 0 aromatic heterocycles. The maximum atomic E-state index is 12.5. The zero-order valence-corrected chi connectivity index (χ0v) is 19.3. The molecular formula is C19H33N5O8. The number of urea groups is 1. The number of carboxylic acids is 1. The average molecular weight is 460 g/mol. The molecule has 0 spiro atoms. The topological polar surface area (TPSA) is 167 Å². The van der Waals surface area contributed by atoms with E-state index in [1.165, 1.54) is 23.9 Å². The fourth-order valence-corrected chi connectivity index (χ4v) is 3.38. The standard InChI is InChI=1S/C19H33N5O8/c1-18(2,31-16(29)22-21-15(28)20-10-13(25)23(5)6)11-19(3,4)32-17(30)24-9-7-8-12(24)14(26)27/h12H,7-11H2,1-6H3,(H,22,29)(H,26,27)(H2,20,21,28)/t12-/m0/s1. The van der Waals surface area contributed by atoms with Crippen LogP contribution in [-0.4, -0.2) is 89.4 Å². The molecule has 0 aromatic rings. The van der Waals surface area contributed by atoms with Gasteiger partial charge in [0.05, 0.1) is 6.54 Å². The van der Waals surface area contributed by atoms with Gasteiger partial charge >= 0.3 is 24.2 Å². The van der Waals surface area contributed by atoms with Crippen LogP contribution in [0.3, 0.4) is 0 Å². The summed E-state index contributed by atoms with van der Waals surface area (Å²) in [6.45, 7) is 6.46. The van der Waals surface area contributed by atoms with Crippen molar-refractivity contribution in [1.82, 2.24) is 26.0 Å². The maximum absolute atomic E-state index is 12.5. The van der Waals surface area contributed by atoms with Gasteiger partial charge in [-0.25, -0.2) is 30.0 Å². The minimum Gasteiger partial charge on any atom is -0.480 e. The molecule has 0 saturated carbocycles. The van der Waals surface area contributed by atoms with Crippen LogP contribution in [0.4, 0.5) is 14.4 Å². The Morgan fingerprint density at radius 2 is 1.62 bits per heavy atom. The molecule has 1 aliphatic heterocycles. The van der Waals surface area contributed by atoms with Gasteiger partial charge in [0.1, 0.15) is 17.2 Å². The van der Waals surface area contributed by atoms with Gasteiger partial charge in [-0.3, -0.25) is 9.69 Å². The summed E-state index contributed by atoms with van der Waals surface area (Å²) in [5.74, 6) is -1.41. The molecular weight excluding hydrogens is 426 g/mol. The van der Waals surface area contributed by atoms with E-state index in [0.29, 0.717) is 19.4 Å². The molecule has 0 bridgehead atoms. The smallest absolute Gasteiger partial charge is 0.426 e. The Kier molecular flexibility index (Phi) is 9.09. The molecule has 13 heteroatoms. The number of rotatable bonds is 7. The summed E-state index contributed by atoms with van der Waals surface area (Å²) in [7, 11) is 3.07. The monoisotopic (exact) mass is 459 g/mol. The summed E-state index contributed by atoms with van der Waals surface area (Å²) in [5, 5.41) is 11.5. The molecule has 0 radical (unpaired) electrons. The Bertz CT molecular complexity index is 737. The molecule has 4 N–H and O–H groups in total. The van der Waals surface area contributed by atoms with Gasteiger partial charge in [0.25, 0.3) is 0 Å². The summed E-state index contributed by atoms with van der Waals surface area (Å²) in [4.78, 5) is 61.3. The summed E-state index contributed by atoms with van der Waals surface area (Å²) in [6, 6.07) is -1.72. The second-order valence-corrected chi connectivity index (χ2v) is 8.86. The van der Waals surface area contributed by atoms with Crippen molar-refractivity contribution in [3.63, 3.8) is 0 Å². The number of hydrogen-bond acceptors (Lipinski definition) is 7. The molecule has 0 aromatic carbocycles. The third kappa shape index (κ3) is 8.86. The average Bonchev–Trinajstić information content (AvgIpc) is 3.12. The fraction of sp³-hybridized carbons (Fsp3) is 0.737. The molecule has 0 aliphatic carbocycles. The predicted octanol–water partition coefficient (Wildman–Crippen LogP) is 0.648. The molecule has 0 unspecified atom stereocenters. The van der Waals surface area contributed by atoms with Crippen LogP contribution in [-0.2, 0) is 19.1 Å². The molecule has 1 saturated heterocycles. The molecule has 1 atom stereocenters. The van der Waals surface area contributed by atoms with E-state index < -0.39 is 41.4 Å². The third-order valence-corrected chi connectivity index (χ3v) is 4.53. The normalized spacial score (nSPS) is 16.1. The van der Waals surface area contributed by atoms with Gasteiger partial charge in [-0.05, 0) is 40.5 Å². The summed E-state index contributed by atoms with van der Waals surface area (Å²) in [5.41, 5.74) is 1.92. The predicted molar refractivity (Wildman–Crippen MR) is 111 cm³/mol. The number of aliphatic carboxylic acids is 1. The van der Waals surface area contributed by atoms with Gasteiger partial charge < -0.3 is 24.8 Å². The number of nitrogens with one attached hydrogen (secondary N) is 3. The van der Waals surface area contributed by atoms with Crippen LogP contribution in [0.2, 0.25) is 0 Å². The van der Waals surface area contributed by atoms with Crippen LogP contribution in [0, 0.1) is 0 Å². The van der Waals surface area contributed by atoms with Gasteiger partial charge in [0.15, 0.2) is 0 Å². The second-order valence-electron chi connectivity index (χ2n) is 8.86. The molecule has 13 nitrogen and oxygen atoms in total. The fourth-order valence-electron chi connectivity index (χ4n) is 3.38. The highest BCUT2D eigenvalue weighted by Gasteiger charge is 2.40. The molecule has 1 heterocycles. The zero-order chi connectivity index (χ0) is 24.7. The summed E-state index contributed by atoms with van der Waals surface area (Å²) in [6.07, 6.45) is -0.675. The van der Waals surface area contributed by atoms with Crippen molar-refractivity contribution in [2.24, 2.45) is 0 Å². The highest BCUT2D eigenvalue weighted by Crippen LogP contribution is 2.28. The number of carbonyl (C=O) groups excluding carboxylic acids is 4. The van der Waals surface area contributed by atoms with Crippen LogP contribution in [0.25, 0.3) is 0 Å². The molecule has 5 amide bonds. The van der Waals surface area contributed by atoms with Crippen molar-refractivity contribution >= 4 is 30.1 Å². The van der Waals surface area contributed by atoms with Crippen LogP contribution in [0.5, 0.6) is 0 Å². The SMILES string of the molecule is CN(C)C(=O)CNC(=O)NNC(=O)OC(C)(C)CC(C)(C)OC(=O)N1CCC[C@H]1C(=O)O. The van der Waals surface area contributed by atoms with Gasteiger partial charge in [0, 0.05) is 27.1 Å².